The first-order chi connectivity index (χ1) is 12.3. The molecule has 0 bridgehead atoms. The zero-order valence-electron chi connectivity index (χ0n) is 14.9. The van der Waals surface area contributed by atoms with E-state index < -0.39 is 10.0 Å². The van der Waals surface area contributed by atoms with Gasteiger partial charge in [-0.15, -0.1) is 0 Å². The number of para-hydroxylation sites is 1. The van der Waals surface area contributed by atoms with E-state index in [1.165, 1.54) is 6.20 Å². The Bertz CT molecular complexity index is 1030. The van der Waals surface area contributed by atoms with Gasteiger partial charge in [0.05, 0.1) is 16.8 Å². The maximum Gasteiger partial charge on any atom is 0.262 e. The second-order valence-electron chi connectivity index (χ2n) is 6.25. The Morgan fingerprint density at radius 3 is 2.35 bits per heavy atom. The minimum Gasteiger partial charge on any atom is -0.340 e. The molecule has 0 aliphatic heterocycles. The van der Waals surface area contributed by atoms with Crippen molar-refractivity contribution in [3.8, 4) is 0 Å². The monoisotopic (exact) mass is 367 g/mol. The summed E-state index contributed by atoms with van der Waals surface area (Å²) in [5.41, 5.74) is 4.08. The Balaban J connectivity index is 1.79. The molecule has 2 N–H and O–H groups in total. The van der Waals surface area contributed by atoms with Gasteiger partial charge in [-0.25, -0.2) is 13.4 Å². The molecule has 1 aromatic heterocycles. The van der Waals surface area contributed by atoms with Crippen LogP contribution in [0.15, 0.2) is 65.7 Å². The van der Waals surface area contributed by atoms with Crippen LogP contribution in [-0.2, 0) is 10.0 Å². The topological polar surface area (TPSA) is 71.1 Å². The molecular formula is C20H21N3O2S. The van der Waals surface area contributed by atoms with Crippen LogP contribution in [0.2, 0.25) is 0 Å². The normalized spacial score (nSPS) is 11.2. The summed E-state index contributed by atoms with van der Waals surface area (Å²) in [6.45, 7) is 5.66. The molecule has 0 unspecified atom stereocenters. The fraction of sp³-hybridized carbons (Fsp3) is 0.150. The average molecular weight is 367 g/mol. The summed E-state index contributed by atoms with van der Waals surface area (Å²) in [6.07, 6.45) is 1.50. The quantitative estimate of drug-likeness (QED) is 0.694. The van der Waals surface area contributed by atoms with Crippen molar-refractivity contribution >= 4 is 27.2 Å². The van der Waals surface area contributed by atoms with E-state index in [1.807, 2.05) is 44.2 Å². The molecule has 134 valence electrons. The third-order valence-electron chi connectivity index (χ3n) is 4.06. The van der Waals surface area contributed by atoms with Gasteiger partial charge in [-0.1, -0.05) is 30.3 Å². The van der Waals surface area contributed by atoms with Gasteiger partial charge in [0.2, 0.25) is 0 Å². The van der Waals surface area contributed by atoms with E-state index in [4.69, 9.17) is 0 Å². The van der Waals surface area contributed by atoms with Crippen LogP contribution in [0.25, 0.3) is 0 Å². The SMILES string of the molecule is Cc1ccc(C)c(S(=O)(=O)Nc2ccc(Nc3ccccc3C)nc2)c1. The predicted octanol–water partition coefficient (Wildman–Crippen LogP) is 4.55. The average Bonchev–Trinajstić information content (AvgIpc) is 2.60. The van der Waals surface area contributed by atoms with Crippen LogP contribution >= 0.6 is 0 Å². The van der Waals surface area contributed by atoms with E-state index in [-0.39, 0.29) is 4.90 Å². The molecule has 0 aliphatic rings. The van der Waals surface area contributed by atoms with Crippen LogP contribution < -0.4 is 10.0 Å². The third-order valence-corrected chi connectivity index (χ3v) is 5.58. The predicted molar refractivity (Wildman–Crippen MR) is 105 cm³/mol. The number of aryl methyl sites for hydroxylation is 3. The van der Waals surface area contributed by atoms with Gasteiger partial charge in [-0.3, -0.25) is 4.72 Å². The summed E-state index contributed by atoms with van der Waals surface area (Å²) in [5, 5.41) is 3.22. The molecule has 6 heteroatoms. The minimum absolute atomic E-state index is 0.277. The number of nitrogens with one attached hydrogen (secondary N) is 2. The van der Waals surface area contributed by atoms with E-state index in [2.05, 4.69) is 15.0 Å². The van der Waals surface area contributed by atoms with Crippen LogP contribution in [0, 0.1) is 20.8 Å². The van der Waals surface area contributed by atoms with Gasteiger partial charge in [0.25, 0.3) is 10.0 Å². The first-order valence-corrected chi connectivity index (χ1v) is 9.72. The van der Waals surface area contributed by atoms with E-state index in [9.17, 15) is 8.42 Å². The lowest BCUT2D eigenvalue weighted by Crippen LogP contribution is -2.14. The fourth-order valence-electron chi connectivity index (χ4n) is 2.59. The van der Waals surface area contributed by atoms with Gasteiger partial charge in [0, 0.05) is 5.69 Å². The summed E-state index contributed by atoms with van der Waals surface area (Å²) < 4.78 is 27.9. The number of nitrogens with zero attached hydrogens (tertiary/aromatic N) is 1. The van der Waals surface area contributed by atoms with Crippen LogP contribution in [0.4, 0.5) is 17.2 Å². The zero-order chi connectivity index (χ0) is 18.7. The van der Waals surface area contributed by atoms with Crippen molar-refractivity contribution in [2.24, 2.45) is 0 Å². The number of benzene rings is 2. The van der Waals surface area contributed by atoms with Crippen molar-refractivity contribution in [3.63, 3.8) is 0 Å². The van der Waals surface area contributed by atoms with Crippen molar-refractivity contribution in [1.29, 1.82) is 0 Å². The second kappa shape index (κ2) is 7.17. The van der Waals surface area contributed by atoms with Gasteiger partial charge in [0.15, 0.2) is 0 Å². The molecule has 26 heavy (non-hydrogen) atoms. The third kappa shape index (κ3) is 4.03. The highest BCUT2D eigenvalue weighted by atomic mass is 32.2. The summed E-state index contributed by atoms with van der Waals surface area (Å²) in [4.78, 5) is 4.57. The fourth-order valence-corrected chi connectivity index (χ4v) is 3.96. The van der Waals surface area contributed by atoms with Gasteiger partial charge < -0.3 is 5.32 Å². The number of hydrogen-bond donors (Lipinski definition) is 2. The summed E-state index contributed by atoms with van der Waals surface area (Å²) in [6, 6.07) is 16.7. The van der Waals surface area contributed by atoms with Gasteiger partial charge in [-0.2, -0.15) is 0 Å². The number of pyridine rings is 1. The first kappa shape index (κ1) is 17.9. The highest BCUT2D eigenvalue weighted by molar-refractivity contribution is 7.92. The first-order valence-electron chi connectivity index (χ1n) is 8.24. The maximum absolute atomic E-state index is 12.6. The number of hydrogen-bond acceptors (Lipinski definition) is 4. The van der Waals surface area contributed by atoms with E-state index in [1.54, 1.807) is 31.2 Å². The molecule has 5 nitrogen and oxygen atoms in total. The van der Waals surface area contributed by atoms with Crippen LogP contribution in [0.5, 0.6) is 0 Å². The van der Waals surface area contributed by atoms with Gasteiger partial charge in [-0.05, 0) is 61.7 Å². The standard InChI is InChI=1S/C20H21N3O2S/c1-14-8-9-16(3)19(12-14)26(24,25)23-17-10-11-20(21-13-17)22-18-7-5-4-6-15(18)2/h4-13,23H,1-3H3,(H,21,22). The molecule has 0 saturated carbocycles. The van der Waals surface area contributed by atoms with Crippen molar-refractivity contribution in [1.82, 2.24) is 4.98 Å². The number of rotatable bonds is 5. The molecule has 0 aliphatic carbocycles. The lowest BCUT2D eigenvalue weighted by atomic mass is 10.2. The Labute approximate surface area is 154 Å². The summed E-state index contributed by atoms with van der Waals surface area (Å²) in [5.74, 6) is 0.647. The number of sulfonamides is 1. The molecule has 0 saturated heterocycles. The van der Waals surface area contributed by atoms with Gasteiger partial charge >= 0.3 is 0 Å². The molecule has 0 amide bonds. The minimum atomic E-state index is -3.66. The zero-order valence-corrected chi connectivity index (χ0v) is 15.8. The van der Waals surface area contributed by atoms with Crippen LogP contribution in [0.3, 0.4) is 0 Å². The Morgan fingerprint density at radius 1 is 0.885 bits per heavy atom. The largest absolute Gasteiger partial charge is 0.340 e. The number of aromatic nitrogens is 1. The molecule has 0 atom stereocenters. The lowest BCUT2D eigenvalue weighted by Gasteiger charge is -2.12. The maximum atomic E-state index is 12.6. The molecule has 0 radical (unpaired) electrons. The molecule has 0 spiro atoms. The lowest BCUT2D eigenvalue weighted by molar-refractivity contribution is 0.600. The summed E-state index contributed by atoms with van der Waals surface area (Å²) in [7, 11) is -3.66. The molecule has 0 fully saturated rings. The van der Waals surface area contributed by atoms with Crippen molar-refractivity contribution < 1.29 is 8.42 Å². The molecule has 2 aromatic carbocycles. The molecular weight excluding hydrogens is 346 g/mol. The highest BCUT2D eigenvalue weighted by Gasteiger charge is 2.17. The Kier molecular flexibility index (Phi) is 4.95. The van der Waals surface area contributed by atoms with Gasteiger partial charge in [0.1, 0.15) is 5.82 Å². The molecule has 3 rings (SSSR count). The van der Waals surface area contributed by atoms with Crippen LogP contribution in [0.1, 0.15) is 16.7 Å². The van der Waals surface area contributed by atoms with E-state index >= 15 is 0 Å². The van der Waals surface area contributed by atoms with E-state index in [0.29, 0.717) is 17.1 Å². The smallest absolute Gasteiger partial charge is 0.262 e. The van der Waals surface area contributed by atoms with E-state index in [0.717, 1.165) is 16.8 Å². The highest BCUT2D eigenvalue weighted by Crippen LogP contribution is 2.22. The second-order valence-corrected chi connectivity index (χ2v) is 7.90. The van der Waals surface area contributed by atoms with Crippen molar-refractivity contribution in [2.45, 2.75) is 25.7 Å². The van der Waals surface area contributed by atoms with Crippen molar-refractivity contribution in [2.75, 3.05) is 10.0 Å². The Morgan fingerprint density at radius 2 is 1.65 bits per heavy atom. The Hall–Kier alpha value is -2.86. The molecule has 1 heterocycles. The van der Waals surface area contributed by atoms with Crippen molar-refractivity contribution in [3.05, 3.63) is 77.5 Å². The number of anilines is 3. The molecule has 3 aromatic rings. The summed E-state index contributed by atoms with van der Waals surface area (Å²) >= 11 is 0. The van der Waals surface area contributed by atoms with Crippen LogP contribution in [-0.4, -0.2) is 13.4 Å².